The van der Waals surface area contributed by atoms with Crippen LogP contribution >= 0.6 is 11.8 Å². The molecule has 2 nitrogen and oxygen atoms in total. The van der Waals surface area contributed by atoms with Gasteiger partial charge in [-0.1, -0.05) is 26.2 Å². The largest absolute Gasteiger partial charge is 0.468 e. The molecule has 0 saturated heterocycles. The zero-order valence-corrected chi connectivity index (χ0v) is 12.0. The summed E-state index contributed by atoms with van der Waals surface area (Å²) in [6, 6.07) is 0. The summed E-state index contributed by atoms with van der Waals surface area (Å²) >= 11 is 1.61. The van der Waals surface area contributed by atoms with E-state index < -0.39 is 6.17 Å². The first-order valence-corrected chi connectivity index (χ1v) is 7.50. The van der Waals surface area contributed by atoms with E-state index in [0.29, 0.717) is 6.42 Å². The van der Waals surface area contributed by atoms with Crippen molar-refractivity contribution in [3.8, 4) is 0 Å². The second kappa shape index (κ2) is 10.9. The van der Waals surface area contributed by atoms with Gasteiger partial charge in [0.25, 0.3) is 0 Å². The van der Waals surface area contributed by atoms with E-state index in [2.05, 4.69) is 6.92 Å². The average molecular weight is 264 g/mol. The van der Waals surface area contributed by atoms with Gasteiger partial charge in [-0.15, -0.1) is 11.8 Å². The second-order valence-corrected chi connectivity index (χ2v) is 5.61. The molecular weight excluding hydrogens is 239 g/mol. The van der Waals surface area contributed by atoms with Crippen LogP contribution in [0.25, 0.3) is 0 Å². The molecule has 0 aromatic rings. The first-order valence-electron chi connectivity index (χ1n) is 6.45. The van der Waals surface area contributed by atoms with Crippen LogP contribution in [0.4, 0.5) is 4.39 Å². The van der Waals surface area contributed by atoms with Gasteiger partial charge in [0.15, 0.2) is 0 Å². The Bertz CT molecular complexity index is 198. The molecule has 0 fully saturated rings. The Morgan fingerprint density at radius 1 is 1.29 bits per heavy atom. The van der Waals surface area contributed by atoms with Gasteiger partial charge >= 0.3 is 5.97 Å². The summed E-state index contributed by atoms with van der Waals surface area (Å²) in [7, 11) is 1.43. The highest BCUT2D eigenvalue weighted by molar-refractivity contribution is 8.00. The van der Waals surface area contributed by atoms with Crippen molar-refractivity contribution in [2.24, 2.45) is 0 Å². The highest BCUT2D eigenvalue weighted by Crippen LogP contribution is 2.21. The zero-order chi connectivity index (χ0) is 13.1. The van der Waals surface area contributed by atoms with Gasteiger partial charge in [-0.05, 0) is 31.9 Å². The lowest BCUT2D eigenvalue weighted by molar-refractivity contribution is -0.140. The number of alkyl halides is 1. The summed E-state index contributed by atoms with van der Waals surface area (Å²) in [6.45, 7) is 3.71. The van der Waals surface area contributed by atoms with Crippen molar-refractivity contribution in [1.82, 2.24) is 0 Å². The minimum atomic E-state index is -0.743. The minimum Gasteiger partial charge on any atom is -0.468 e. The summed E-state index contributed by atoms with van der Waals surface area (Å²) in [4.78, 5) is 11.5. The van der Waals surface area contributed by atoms with Gasteiger partial charge in [-0.3, -0.25) is 4.79 Å². The van der Waals surface area contributed by atoms with Crippen LogP contribution in [0.1, 0.15) is 52.4 Å². The lowest BCUT2D eigenvalue weighted by Gasteiger charge is -2.14. The van der Waals surface area contributed by atoms with Crippen LogP contribution in [-0.2, 0) is 9.53 Å². The van der Waals surface area contributed by atoms with Crippen molar-refractivity contribution in [1.29, 1.82) is 0 Å². The van der Waals surface area contributed by atoms with Gasteiger partial charge in [-0.2, -0.15) is 0 Å². The van der Waals surface area contributed by atoms with Gasteiger partial charge < -0.3 is 4.74 Å². The second-order valence-electron chi connectivity index (χ2n) is 4.30. The highest BCUT2D eigenvalue weighted by Gasteiger charge is 2.18. The maximum absolute atomic E-state index is 12.6. The minimum absolute atomic E-state index is 0.0681. The standard InChI is InChI=1S/C13H25FO2S/c1-4-5-6-9-12(13(15)16-3)17-10-7-8-11(2)14/h11-12H,4-10H2,1-3H3. The predicted molar refractivity (Wildman–Crippen MR) is 72.2 cm³/mol. The third kappa shape index (κ3) is 9.45. The summed E-state index contributed by atoms with van der Waals surface area (Å²) in [6.07, 6.45) is 4.89. The van der Waals surface area contributed by atoms with Crippen molar-refractivity contribution in [3.63, 3.8) is 0 Å². The highest BCUT2D eigenvalue weighted by atomic mass is 32.2. The Hall–Kier alpha value is -0.250. The molecule has 2 unspecified atom stereocenters. The molecule has 17 heavy (non-hydrogen) atoms. The molecule has 4 heteroatoms. The SMILES string of the molecule is CCCCCC(SCCCC(C)F)C(=O)OC. The Morgan fingerprint density at radius 3 is 2.53 bits per heavy atom. The van der Waals surface area contributed by atoms with Gasteiger partial charge in [0.2, 0.25) is 0 Å². The fourth-order valence-electron chi connectivity index (χ4n) is 1.57. The first-order chi connectivity index (χ1) is 8.11. The molecule has 102 valence electrons. The number of carbonyl (C=O) groups is 1. The number of ether oxygens (including phenoxy) is 1. The third-order valence-corrected chi connectivity index (χ3v) is 3.95. The molecule has 0 aliphatic rings. The molecule has 0 heterocycles. The molecule has 0 rings (SSSR count). The van der Waals surface area contributed by atoms with Crippen LogP contribution in [0, 0.1) is 0 Å². The number of hydrogen-bond acceptors (Lipinski definition) is 3. The molecule has 0 aliphatic carbocycles. The monoisotopic (exact) mass is 264 g/mol. The van der Waals surface area contributed by atoms with Crippen molar-refractivity contribution in [3.05, 3.63) is 0 Å². The Kier molecular flexibility index (Phi) is 10.7. The molecule has 0 saturated carbocycles. The van der Waals surface area contributed by atoms with E-state index in [-0.39, 0.29) is 11.2 Å². The zero-order valence-electron chi connectivity index (χ0n) is 11.2. The first kappa shape index (κ1) is 16.8. The smallest absolute Gasteiger partial charge is 0.318 e. The molecular formula is C13H25FO2S. The van der Waals surface area contributed by atoms with Crippen molar-refractivity contribution < 1.29 is 13.9 Å². The lowest BCUT2D eigenvalue weighted by atomic mass is 10.1. The van der Waals surface area contributed by atoms with Gasteiger partial charge in [0.1, 0.15) is 5.25 Å². The van der Waals surface area contributed by atoms with Crippen LogP contribution in [0.2, 0.25) is 0 Å². The molecule has 0 radical (unpaired) electrons. The number of rotatable bonds is 10. The molecule has 0 aliphatic heterocycles. The fourth-order valence-corrected chi connectivity index (χ4v) is 2.75. The number of halogens is 1. The molecule has 0 N–H and O–H groups in total. The molecule has 0 spiro atoms. The van der Waals surface area contributed by atoms with Crippen molar-refractivity contribution in [2.75, 3.05) is 12.9 Å². The summed E-state index contributed by atoms with van der Waals surface area (Å²) < 4.78 is 17.4. The van der Waals surface area contributed by atoms with Crippen LogP contribution < -0.4 is 0 Å². The molecule has 0 aromatic heterocycles. The number of thioether (sulfide) groups is 1. The molecule has 0 aromatic carbocycles. The summed E-state index contributed by atoms with van der Waals surface area (Å²) in [5.41, 5.74) is 0. The molecule has 2 atom stereocenters. The predicted octanol–water partition coefficient (Wildman–Crippen LogP) is 3.98. The van der Waals surface area contributed by atoms with Gasteiger partial charge in [-0.25, -0.2) is 4.39 Å². The molecule has 0 bridgehead atoms. The number of carbonyl (C=O) groups excluding carboxylic acids is 1. The topological polar surface area (TPSA) is 26.3 Å². The lowest BCUT2D eigenvalue weighted by Crippen LogP contribution is -2.19. The van der Waals surface area contributed by atoms with E-state index in [1.807, 2.05) is 0 Å². The quantitative estimate of drug-likeness (QED) is 0.441. The van der Waals surface area contributed by atoms with Crippen molar-refractivity contribution >= 4 is 17.7 Å². The van der Waals surface area contributed by atoms with E-state index in [4.69, 9.17) is 4.74 Å². The van der Waals surface area contributed by atoms with E-state index in [1.54, 1.807) is 18.7 Å². The number of unbranched alkanes of at least 4 members (excludes halogenated alkanes) is 2. The average Bonchev–Trinajstić information content (AvgIpc) is 2.31. The van der Waals surface area contributed by atoms with Gasteiger partial charge in [0.05, 0.1) is 13.3 Å². The maximum atomic E-state index is 12.6. The number of methoxy groups -OCH3 is 1. The van der Waals surface area contributed by atoms with Crippen LogP contribution in [0.15, 0.2) is 0 Å². The van der Waals surface area contributed by atoms with E-state index >= 15 is 0 Å². The molecule has 0 amide bonds. The fraction of sp³-hybridized carbons (Fsp3) is 0.923. The van der Waals surface area contributed by atoms with E-state index in [1.165, 1.54) is 7.11 Å². The Morgan fingerprint density at radius 2 is 2.00 bits per heavy atom. The maximum Gasteiger partial charge on any atom is 0.318 e. The van der Waals surface area contributed by atoms with E-state index in [9.17, 15) is 9.18 Å². The summed E-state index contributed by atoms with van der Waals surface area (Å²) in [5, 5.41) is -0.0681. The Labute approximate surface area is 109 Å². The van der Waals surface area contributed by atoms with E-state index in [0.717, 1.165) is 37.9 Å². The van der Waals surface area contributed by atoms with Crippen molar-refractivity contribution in [2.45, 2.75) is 63.8 Å². The van der Waals surface area contributed by atoms with Crippen LogP contribution in [0.5, 0.6) is 0 Å². The Balaban J connectivity index is 3.81. The van der Waals surface area contributed by atoms with Crippen LogP contribution in [0.3, 0.4) is 0 Å². The number of hydrogen-bond donors (Lipinski definition) is 0. The van der Waals surface area contributed by atoms with Crippen LogP contribution in [-0.4, -0.2) is 30.3 Å². The van der Waals surface area contributed by atoms with Gasteiger partial charge in [0, 0.05) is 0 Å². The normalized spacial score (nSPS) is 14.4. The number of esters is 1. The summed E-state index contributed by atoms with van der Waals surface area (Å²) in [5.74, 6) is 0.694. The third-order valence-electron chi connectivity index (χ3n) is 2.60.